The Balaban J connectivity index is 0.878. The van der Waals surface area contributed by atoms with Crippen LogP contribution in [0.2, 0.25) is 0 Å². The molecule has 0 fully saturated rings. The Morgan fingerprint density at radius 3 is 1.11 bits per heavy atom. The van der Waals surface area contributed by atoms with Gasteiger partial charge in [0.05, 0.1) is 0 Å². The van der Waals surface area contributed by atoms with Crippen molar-refractivity contribution in [3.05, 3.63) is 302 Å². The van der Waals surface area contributed by atoms with Gasteiger partial charge in [-0.2, -0.15) is 0 Å². The Hall–Kier alpha value is -10.2. The molecule has 2 aromatic heterocycles. The third kappa shape index (κ3) is 8.37. The van der Waals surface area contributed by atoms with E-state index in [9.17, 15) is 0 Å². The van der Waals surface area contributed by atoms with Crippen LogP contribution < -0.4 is 9.80 Å². The van der Waals surface area contributed by atoms with Crippen LogP contribution in [0.3, 0.4) is 0 Å². The molecule has 0 aliphatic heterocycles. The number of furan rings is 2. The fourth-order valence-electron chi connectivity index (χ4n) is 13.4. The molecule has 0 amide bonds. The molecular formula is C78H58N2O2. The van der Waals surface area contributed by atoms with Crippen LogP contribution in [-0.4, -0.2) is 0 Å². The molecule has 0 spiro atoms. The highest BCUT2D eigenvalue weighted by Crippen LogP contribution is 2.55. The van der Waals surface area contributed by atoms with Crippen molar-refractivity contribution in [2.45, 2.75) is 38.0 Å². The van der Waals surface area contributed by atoms with Crippen LogP contribution >= 0.6 is 0 Å². The fourth-order valence-corrected chi connectivity index (χ4v) is 13.4. The quantitative estimate of drug-likeness (QED) is 0.129. The van der Waals surface area contributed by atoms with E-state index >= 15 is 0 Å². The van der Waals surface area contributed by atoms with E-state index in [0.717, 1.165) is 84.4 Å². The van der Waals surface area contributed by atoms with Gasteiger partial charge in [0.1, 0.15) is 22.3 Å². The minimum atomic E-state index is -0.326. The highest BCUT2D eigenvalue weighted by atomic mass is 16.3. The molecule has 0 bridgehead atoms. The molecule has 392 valence electrons. The van der Waals surface area contributed by atoms with Crippen LogP contribution in [0, 0.1) is 0 Å². The van der Waals surface area contributed by atoms with Gasteiger partial charge in [-0.15, -0.1) is 0 Å². The number of hydrogen-bond donors (Lipinski definition) is 0. The number of anilines is 6. The monoisotopic (exact) mass is 1050 g/mol. The fraction of sp³-hybridized carbons (Fsp3) is 0.0769. The average Bonchev–Trinajstić information content (AvgIpc) is 3.74. The molecular weight excluding hydrogens is 997 g/mol. The number of fused-ring (bicyclic) bond motifs is 7. The van der Waals surface area contributed by atoms with E-state index in [2.05, 4.69) is 304 Å². The minimum absolute atomic E-state index is 0.0955. The molecule has 14 aromatic rings. The second-order valence-electron chi connectivity index (χ2n) is 22.8. The summed E-state index contributed by atoms with van der Waals surface area (Å²) in [6.07, 6.45) is 0.949. The molecule has 0 saturated carbocycles. The predicted molar refractivity (Wildman–Crippen MR) is 343 cm³/mol. The van der Waals surface area contributed by atoms with Crippen molar-refractivity contribution < 1.29 is 8.83 Å². The lowest BCUT2D eigenvalue weighted by atomic mass is 9.75. The molecule has 4 heteroatoms. The van der Waals surface area contributed by atoms with Crippen LogP contribution in [0.4, 0.5) is 34.1 Å². The summed E-state index contributed by atoms with van der Waals surface area (Å²) in [5.41, 5.74) is 22.9. The van der Waals surface area contributed by atoms with Crippen molar-refractivity contribution in [1.29, 1.82) is 0 Å². The van der Waals surface area contributed by atoms with Gasteiger partial charge in [-0.3, -0.25) is 0 Å². The van der Waals surface area contributed by atoms with E-state index in [0.29, 0.717) is 0 Å². The minimum Gasteiger partial charge on any atom is -0.456 e. The van der Waals surface area contributed by atoms with Gasteiger partial charge in [0, 0.05) is 61.1 Å². The highest BCUT2D eigenvalue weighted by molar-refractivity contribution is 6.08. The molecule has 2 heterocycles. The molecule has 15 rings (SSSR count). The van der Waals surface area contributed by atoms with Crippen molar-refractivity contribution in [3.63, 3.8) is 0 Å². The second-order valence-corrected chi connectivity index (χ2v) is 22.8. The maximum atomic E-state index is 6.42. The van der Waals surface area contributed by atoms with Gasteiger partial charge in [-0.1, -0.05) is 209 Å². The van der Waals surface area contributed by atoms with Crippen molar-refractivity contribution in [1.82, 2.24) is 0 Å². The summed E-state index contributed by atoms with van der Waals surface area (Å²) in [6, 6.07) is 103. The molecule has 1 unspecified atom stereocenters. The van der Waals surface area contributed by atoms with Gasteiger partial charge in [-0.05, 0) is 170 Å². The zero-order valence-corrected chi connectivity index (χ0v) is 46.1. The number of hydrogen-bond acceptors (Lipinski definition) is 4. The first kappa shape index (κ1) is 48.9. The molecule has 12 aromatic carbocycles. The van der Waals surface area contributed by atoms with Crippen molar-refractivity contribution in [3.8, 4) is 44.5 Å². The van der Waals surface area contributed by atoms with Crippen LogP contribution in [0.15, 0.2) is 294 Å². The van der Waals surface area contributed by atoms with Crippen LogP contribution in [0.1, 0.15) is 43.9 Å². The summed E-state index contributed by atoms with van der Waals surface area (Å²) < 4.78 is 12.8. The highest BCUT2D eigenvalue weighted by Gasteiger charge is 2.46. The summed E-state index contributed by atoms with van der Waals surface area (Å²) >= 11 is 0. The van der Waals surface area contributed by atoms with E-state index in [1.54, 1.807) is 0 Å². The smallest absolute Gasteiger partial charge is 0.135 e. The van der Waals surface area contributed by atoms with Gasteiger partial charge in [0.25, 0.3) is 0 Å². The Morgan fingerprint density at radius 1 is 0.280 bits per heavy atom. The summed E-state index contributed by atoms with van der Waals surface area (Å²) in [5, 5.41) is 4.38. The molecule has 0 N–H and O–H groups in total. The largest absolute Gasteiger partial charge is 0.456 e. The molecule has 0 radical (unpaired) electrons. The standard InChI is InChI=1S/C78H58N2O2/c1-77(2)51-78(3,56-32-34-57(35-33-56)79(60-39-44-75-69(48-60)65-28-16-18-30-73(65)81-75)58-36-41-63(52-20-8-4-9-21-52)67(46-58)54-24-12-6-13-25-54)72-50-62(38-43-71(72)77)80(61-40-45-76-70(49-61)66-29-17-19-31-74(66)82-76)59-37-42-64(53-22-10-5-11-23-53)68(47-59)55-26-14-7-15-27-55/h4-50H,51H2,1-3H3. The van der Waals surface area contributed by atoms with Gasteiger partial charge in [-0.25, -0.2) is 0 Å². The Kier molecular flexibility index (Phi) is 11.7. The lowest BCUT2D eigenvalue weighted by Crippen LogP contribution is -2.23. The van der Waals surface area contributed by atoms with E-state index in [-0.39, 0.29) is 10.8 Å². The summed E-state index contributed by atoms with van der Waals surface area (Å²) in [4.78, 5) is 4.85. The van der Waals surface area contributed by atoms with E-state index < -0.39 is 0 Å². The normalized spacial score (nSPS) is 14.6. The second kappa shape index (κ2) is 19.6. The summed E-state index contributed by atoms with van der Waals surface area (Å²) in [7, 11) is 0. The first-order valence-electron chi connectivity index (χ1n) is 28.4. The Bertz CT molecular complexity index is 4690. The van der Waals surface area contributed by atoms with Crippen molar-refractivity contribution in [2.24, 2.45) is 0 Å². The predicted octanol–water partition coefficient (Wildman–Crippen LogP) is 22.1. The van der Waals surface area contributed by atoms with E-state index in [1.807, 2.05) is 12.1 Å². The summed E-state index contributed by atoms with van der Waals surface area (Å²) in [6.45, 7) is 7.28. The van der Waals surface area contributed by atoms with Crippen LogP contribution in [-0.2, 0) is 10.8 Å². The number of para-hydroxylation sites is 2. The van der Waals surface area contributed by atoms with Crippen LogP contribution in [0.5, 0.6) is 0 Å². The third-order valence-corrected chi connectivity index (χ3v) is 17.2. The SMILES string of the molecule is CC1(C)CC(C)(c2ccc(N(c3ccc(-c4ccccc4)c(-c4ccccc4)c3)c3ccc4oc5ccccc5c4c3)cc2)c2cc(N(c3ccc(-c4ccccc4)c(-c4ccccc4)c3)c3ccc4oc5ccccc5c4c3)ccc21. The molecule has 1 atom stereocenters. The van der Waals surface area contributed by atoms with Gasteiger partial charge < -0.3 is 18.6 Å². The van der Waals surface area contributed by atoms with E-state index in [1.165, 1.54) is 61.2 Å². The average molecular weight is 1060 g/mol. The maximum Gasteiger partial charge on any atom is 0.135 e. The van der Waals surface area contributed by atoms with Crippen LogP contribution in [0.25, 0.3) is 88.4 Å². The molecule has 0 saturated heterocycles. The molecule has 4 nitrogen and oxygen atoms in total. The Labute approximate surface area is 478 Å². The lowest BCUT2D eigenvalue weighted by Gasteiger charge is -2.31. The van der Waals surface area contributed by atoms with Crippen molar-refractivity contribution >= 4 is 78.0 Å². The van der Waals surface area contributed by atoms with Gasteiger partial charge in [0.15, 0.2) is 0 Å². The lowest BCUT2D eigenvalue weighted by molar-refractivity contribution is 0.425. The number of benzene rings is 12. The molecule has 1 aliphatic carbocycles. The molecule has 1 aliphatic rings. The first-order valence-corrected chi connectivity index (χ1v) is 28.4. The number of rotatable bonds is 11. The topological polar surface area (TPSA) is 32.8 Å². The van der Waals surface area contributed by atoms with Gasteiger partial charge >= 0.3 is 0 Å². The number of nitrogens with zero attached hydrogens (tertiary/aromatic N) is 2. The molecule has 82 heavy (non-hydrogen) atoms. The third-order valence-electron chi connectivity index (χ3n) is 17.2. The summed E-state index contributed by atoms with van der Waals surface area (Å²) in [5.74, 6) is 0. The first-order chi connectivity index (χ1) is 40.2. The maximum absolute atomic E-state index is 6.42. The zero-order valence-electron chi connectivity index (χ0n) is 46.1. The zero-order chi connectivity index (χ0) is 54.9. The van der Waals surface area contributed by atoms with Gasteiger partial charge in [0.2, 0.25) is 0 Å². The van der Waals surface area contributed by atoms with E-state index in [4.69, 9.17) is 8.83 Å². The van der Waals surface area contributed by atoms with Crippen molar-refractivity contribution in [2.75, 3.05) is 9.80 Å². The Morgan fingerprint density at radius 2 is 0.634 bits per heavy atom.